The molecule has 6 nitrogen and oxygen atoms in total. The Balaban J connectivity index is 1.33. The number of aromatic nitrogens is 2. The molecule has 36 heavy (non-hydrogen) atoms. The molecule has 0 aliphatic carbocycles. The van der Waals surface area contributed by atoms with E-state index >= 15 is 0 Å². The number of hydrogen-bond acceptors (Lipinski definition) is 5. The van der Waals surface area contributed by atoms with E-state index in [9.17, 15) is 13.2 Å². The highest BCUT2D eigenvalue weighted by Gasteiger charge is 2.31. The average Bonchev–Trinajstić information content (AvgIpc) is 3.39. The number of nitrogens with one attached hydrogen (secondary N) is 2. The summed E-state index contributed by atoms with van der Waals surface area (Å²) in [5.74, 6) is -0.273. The minimum absolute atomic E-state index is 0.273. The van der Waals surface area contributed by atoms with Crippen molar-refractivity contribution in [3.05, 3.63) is 84.2 Å². The number of rotatable bonds is 5. The number of fused-ring (bicyclic) bond motifs is 3. The van der Waals surface area contributed by atoms with Crippen molar-refractivity contribution in [2.24, 2.45) is 5.10 Å². The Morgan fingerprint density at radius 2 is 1.89 bits per heavy atom. The van der Waals surface area contributed by atoms with Crippen molar-refractivity contribution in [3.63, 3.8) is 0 Å². The maximum atomic E-state index is 12.4. The fourth-order valence-corrected chi connectivity index (χ4v) is 4.99. The van der Waals surface area contributed by atoms with Crippen LogP contribution in [0.15, 0.2) is 78.2 Å². The molecule has 0 saturated carbocycles. The molecule has 5 rings (SSSR count). The van der Waals surface area contributed by atoms with E-state index in [1.54, 1.807) is 24.7 Å². The summed E-state index contributed by atoms with van der Waals surface area (Å²) in [5, 5.41) is 8.70. The molecule has 0 fully saturated rings. The number of thiophene rings is 1. The van der Waals surface area contributed by atoms with Crippen LogP contribution in [0.5, 0.6) is 5.75 Å². The summed E-state index contributed by atoms with van der Waals surface area (Å²) in [6.07, 6.45) is -1.40. The largest absolute Gasteiger partial charge is 0.573 e. The highest BCUT2D eigenvalue weighted by molar-refractivity contribution is 7.80. The SMILES string of the molecule is Cc1ccccc1NC(=S)N/N=C/c1ccc2c(c1)sc1c2ncn1-c1ccc(OC(F)(F)F)cc1. The number of aryl methyl sites for hydroxylation is 1. The molecule has 0 saturated heterocycles. The third-order valence-electron chi connectivity index (χ3n) is 5.31. The Morgan fingerprint density at radius 1 is 1.11 bits per heavy atom. The molecule has 5 aromatic rings. The van der Waals surface area contributed by atoms with Crippen molar-refractivity contribution in [2.45, 2.75) is 13.3 Å². The smallest absolute Gasteiger partial charge is 0.406 e. The molecule has 0 amide bonds. The third kappa shape index (κ3) is 5.16. The molecule has 2 aromatic heterocycles. The lowest BCUT2D eigenvalue weighted by Crippen LogP contribution is -2.24. The van der Waals surface area contributed by atoms with Gasteiger partial charge >= 0.3 is 6.36 Å². The van der Waals surface area contributed by atoms with Gasteiger partial charge in [-0.2, -0.15) is 5.10 Å². The summed E-state index contributed by atoms with van der Waals surface area (Å²) in [4.78, 5) is 5.40. The molecule has 0 aliphatic heterocycles. The molecule has 2 heterocycles. The van der Waals surface area contributed by atoms with Crippen molar-refractivity contribution < 1.29 is 17.9 Å². The molecule has 0 aliphatic rings. The average molecular weight is 526 g/mol. The van der Waals surface area contributed by atoms with Crippen LogP contribution in [-0.4, -0.2) is 27.2 Å². The van der Waals surface area contributed by atoms with Gasteiger partial charge in [0.1, 0.15) is 22.4 Å². The number of nitrogens with zero attached hydrogens (tertiary/aromatic N) is 3. The van der Waals surface area contributed by atoms with Crippen LogP contribution >= 0.6 is 23.6 Å². The van der Waals surface area contributed by atoms with E-state index in [0.29, 0.717) is 10.8 Å². The highest BCUT2D eigenvalue weighted by atomic mass is 32.1. The van der Waals surface area contributed by atoms with E-state index in [2.05, 4.69) is 25.6 Å². The van der Waals surface area contributed by atoms with Crippen LogP contribution in [0.4, 0.5) is 18.9 Å². The van der Waals surface area contributed by atoms with Gasteiger partial charge in [0.05, 0.1) is 6.21 Å². The highest BCUT2D eigenvalue weighted by Crippen LogP contribution is 2.35. The number of benzene rings is 3. The number of anilines is 1. The van der Waals surface area contributed by atoms with Crippen LogP contribution < -0.4 is 15.5 Å². The van der Waals surface area contributed by atoms with Crippen molar-refractivity contribution in [2.75, 3.05) is 5.32 Å². The first-order valence-corrected chi connectivity index (χ1v) is 11.9. The van der Waals surface area contributed by atoms with Crippen LogP contribution in [0.1, 0.15) is 11.1 Å². The monoisotopic (exact) mass is 525 g/mol. The van der Waals surface area contributed by atoms with Crippen molar-refractivity contribution >= 4 is 61.0 Å². The normalized spacial score (nSPS) is 11.9. The molecule has 11 heteroatoms. The standard InChI is InChI=1S/C25H18F3N5OS2/c1-15-4-2-3-5-20(15)31-24(35)32-30-13-16-6-11-19-21(12-16)36-23-22(19)29-14-33(23)17-7-9-18(10-8-17)34-25(26,27)28/h2-14H,1H3,(H2,31,32,35)/b30-13+. The van der Waals surface area contributed by atoms with Gasteiger partial charge in [-0.15, -0.1) is 24.5 Å². The van der Waals surface area contributed by atoms with Gasteiger partial charge in [-0.3, -0.25) is 9.99 Å². The van der Waals surface area contributed by atoms with E-state index < -0.39 is 6.36 Å². The zero-order valence-corrected chi connectivity index (χ0v) is 20.3. The quantitative estimate of drug-likeness (QED) is 0.151. The molecule has 0 radical (unpaired) electrons. The van der Waals surface area contributed by atoms with Crippen LogP contribution in [0.25, 0.3) is 26.1 Å². The molecule has 0 bridgehead atoms. The number of para-hydroxylation sites is 1. The van der Waals surface area contributed by atoms with Crippen LogP contribution in [0.3, 0.4) is 0 Å². The summed E-state index contributed by atoms with van der Waals surface area (Å²) in [5.41, 5.74) is 7.17. The van der Waals surface area contributed by atoms with E-state index in [0.717, 1.165) is 37.2 Å². The Kier molecular flexibility index (Phi) is 6.33. The van der Waals surface area contributed by atoms with Gasteiger partial charge < -0.3 is 10.1 Å². The zero-order chi connectivity index (χ0) is 25.3. The predicted molar refractivity (Wildman–Crippen MR) is 141 cm³/mol. The Bertz CT molecular complexity index is 1590. The van der Waals surface area contributed by atoms with Crippen LogP contribution in [-0.2, 0) is 0 Å². The second kappa shape index (κ2) is 9.59. The minimum Gasteiger partial charge on any atom is -0.406 e. The fraction of sp³-hybridized carbons (Fsp3) is 0.0800. The maximum Gasteiger partial charge on any atom is 0.573 e. The van der Waals surface area contributed by atoms with Gasteiger partial charge in [0, 0.05) is 21.5 Å². The number of hydrogen-bond donors (Lipinski definition) is 2. The topological polar surface area (TPSA) is 63.5 Å². The lowest BCUT2D eigenvalue weighted by atomic mass is 10.2. The number of halogens is 3. The minimum atomic E-state index is -4.73. The van der Waals surface area contributed by atoms with Crippen LogP contribution in [0, 0.1) is 6.92 Å². The van der Waals surface area contributed by atoms with Crippen molar-refractivity contribution in [1.82, 2.24) is 15.0 Å². The molecule has 0 spiro atoms. The van der Waals surface area contributed by atoms with E-state index in [-0.39, 0.29) is 5.75 Å². The van der Waals surface area contributed by atoms with Crippen molar-refractivity contribution in [1.29, 1.82) is 0 Å². The number of hydrazone groups is 1. The number of thiocarbonyl (C=S) groups is 1. The zero-order valence-electron chi connectivity index (χ0n) is 18.7. The predicted octanol–water partition coefficient (Wildman–Crippen LogP) is 6.77. The van der Waals surface area contributed by atoms with Gasteiger partial charge in [-0.1, -0.05) is 30.3 Å². The Morgan fingerprint density at radius 3 is 2.64 bits per heavy atom. The van der Waals surface area contributed by atoms with E-state index in [1.165, 1.54) is 23.5 Å². The maximum absolute atomic E-state index is 12.4. The molecule has 2 N–H and O–H groups in total. The molecule has 182 valence electrons. The third-order valence-corrected chi connectivity index (χ3v) is 6.65. The number of alkyl halides is 3. The molecule has 0 atom stereocenters. The van der Waals surface area contributed by atoms with Gasteiger partial charge in [0.25, 0.3) is 0 Å². The summed E-state index contributed by atoms with van der Waals surface area (Å²) in [6, 6.07) is 19.4. The van der Waals surface area contributed by atoms with Crippen LogP contribution in [0.2, 0.25) is 0 Å². The van der Waals surface area contributed by atoms with Gasteiger partial charge in [-0.05, 0) is 66.7 Å². The second-order valence-corrected chi connectivity index (χ2v) is 9.25. The van der Waals surface area contributed by atoms with Gasteiger partial charge in [0.15, 0.2) is 5.11 Å². The first-order valence-electron chi connectivity index (χ1n) is 10.7. The summed E-state index contributed by atoms with van der Waals surface area (Å²) in [7, 11) is 0. The fourth-order valence-electron chi connectivity index (χ4n) is 3.64. The van der Waals surface area contributed by atoms with E-state index in [1.807, 2.05) is 54.0 Å². The molecular weight excluding hydrogens is 507 g/mol. The lowest BCUT2D eigenvalue weighted by molar-refractivity contribution is -0.274. The van der Waals surface area contributed by atoms with Gasteiger partial charge in [0.2, 0.25) is 0 Å². The number of imidazole rings is 1. The molecule has 0 unspecified atom stereocenters. The summed E-state index contributed by atoms with van der Waals surface area (Å²) < 4.78 is 44.1. The van der Waals surface area contributed by atoms with E-state index in [4.69, 9.17) is 12.2 Å². The first kappa shape index (κ1) is 23.8. The van der Waals surface area contributed by atoms with Crippen molar-refractivity contribution in [3.8, 4) is 11.4 Å². The molecular formula is C25H18F3N5OS2. The summed E-state index contributed by atoms with van der Waals surface area (Å²) in [6.45, 7) is 1.99. The molecule has 3 aromatic carbocycles. The second-order valence-electron chi connectivity index (χ2n) is 7.81. The van der Waals surface area contributed by atoms with Gasteiger partial charge in [-0.25, -0.2) is 4.98 Å². The summed E-state index contributed by atoms with van der Waals surface area (Å²) >= 11 is 6.84. The lowest BCUT2D eigenvalue weighted by Gasteiger charge is -2.09. The Hall–Kier alpha value is -3.96. The Labute approximate surface area is 213 Å². The first-order chi connectivity index (χ1) is 17.3. The number of ether oxygens (including phenoxy) is 1.